The van der Waals surface area contributed by atoms with E-state index in [1.54, 1.807) is 4.88 Å². The molecule has 2 nitrogen and oxygen atoms in total. The summed E-state index contributed by atoms with van der Waals surface area (Å²) in [6.07, 6.45) is 2.63. The molecule has 0 aromatic carbocycles. The third kappa shape index (κ3) is 3.80. The Morgan fingerprint density at radius 3 is 2.65 bits per heavy atom. The van der Waals surface area contributed by atoms with Gasteiger partial charge in [-0.3, -0.25) is 4.90 Å². The van der Waals surface area contributed by atoms with Gasteiger partial charge < -0.3 is 5.32 Å². The Morgan fingerprint density at radius 2 is 2.06 bits per heavy atom. The fourth-order valence-electron chi connectivity index (χ4n) is 2.47. The van der Waals surface area contributed by atoms with Crippen LogP contribution >= 0.6 is 11.3 Å². The third-order valence-electron chi connectivity index (χ3n) is 3.48. The van der Waals surface area contributed by atoms with Crippen LogP contribution < -0.4 is 5.32 Å². The van der Waals surface area contributed by atoms with Gasteiger partial charge in [-0.05, 0) is 30.2 Å². The van der Waals surface area contributed by atoms with E-state index in [1.165, 1.54) is 25.9 Å². The van der Waals surface area contributed by atoms with E-state index in [2.05, 4.69) is 41.6 Å². The quantitative estimate of drug-likeness (QED) is 0.866. The van der Waals surface area contributed by atoms with Crippen molar-refractivity contribution < 1.29 is 0 Å². The Labute approximate surface area is 109 Å². The third-order valence-corrected chi connectivity index (χ3v) is 4.45. The number of hydrogen-bond donors (Lipinski definition) is 1. The first kappa shape index (κ1) is 13.1. The molecule has 17 heavy (non-hydrogen) atoms. The smallest absolute Gasteiger partial charge is 0.0442 e. The minimum Gasteiger partial charge on any atom is -0.314 e. The van der Waals surface area contributed by atoms with Gasteiger partial charge in [0.2, 0.25) is 0 Å². The highest BCUT2D eigenvalue weighted by atomic mass is 32.1. The Hall–Kier alpha value is -0.380. The van der Waals surface area contributed by atoms with Gasteiger partial charge in [-0.1, -0.05) is 19.9 Å². The summed E-state index contributed by atoms with van der Waals surface area (Å²) in [5.41, 5.74) is 0. The van der Waals surface area contributed by atoms with Gasteiger partial charge in [-0.25, -0.2) is 0 Å². The van der Waals surface area contributed by atoms with Crippen LogP contribution in [0.3, 0.4) is 0 Å². The SMILES string of the molecule is CC(C)CC[C@H](c1cccs1)N1CCNCC1. The molecular weight excluding hydrogens is 228 g/mol. The molecular formula is C14H24N2S. The maximum atomic E-state index is 3.44. The molecule has 1 N–H and O–H groups in total. The number of nitrogens with one attached hydrogen (secondary N) is 1. The van der Waals surface area contributed by atoms with E-state index in [0.717, 1.165) is 19.0 Å². The Bertz CT molecular complexity index is 302. The fourth-order valence-corrected chi connectivity index (χ4v) is 3.37. The highest BCUT2D eigenvalue weighted by Crippen LogP contribution is 2.30. The average molecular weight is 252 g/mol. The van der Waals surface area contributed by atoms with Crippen LogP contribution in [0.1, 0.15) is 37.6 Å². The molecule has 0 radical (unpaired) electrons. The van der Waals surface area contributed by atoms with Crippen LogP contribution in [0, 0.1) is 5.92 Å². The van der Waals surface area contributed by atoms with Gasteiger partial charge in [-0.15, -0.1) is 11.3 Å². The zero-order valence-corrected chi connectivity index (χ0v) is 11.8. The van der Waals surface area contributed by atoms with E-state index in [4.69, 9.17) is 0 Å². The zero-order valence-electron chi connectivity index (χ0n) is 11.0. The van der Waals surface area contributed by atoms with Gasteiger partial charge in [0.25, 0.3) is 0 Å². The van der Waals surface area contributed by atoms with Crippen LogP contribution in [0.25, 0.3) is 0 Å². The van der Waals surface area contributed by atoms with Crippen molar-refractivity contribution in [3.63, 3.8) is 0 Å². The maximum Gasteiger partial charge on any atom is 0.0442 e. The monoisotopic (exact) mass is 252 g/mol. The molecule has 1 aliphatic rings. The second kappa shape index (κ2) is 6.53. The van der Waals surface area contributed by atoms with Crippen molar-refractivity contribution in [1.82, 2.24) is 10.2 Å². The van der Waals surface area contributed by atoms with E-state index in [9.17, 15) is 0 Å². The average Bonchev–Trinajstić information content (AvgIpc) is 2.84. The van der Waals surface area contributed by atoms with Gasteiger partial charge >= 0.3 is 0 Å². The van der Waals surface area contributed by atoms with Crippen LogP contribution in [0.5, 0.6) is 0 Å². The minimum atomic E-state index is 0.652. The first-order valence-electron chi connectivity index (χ1n) is 6.75. The van der Waals surface area contributed by atoms with Gasteiger partial charge in [0.05, 0.1) is 0 Å². The lowest BCUT2D eigenvalue weighted by atomic mass is 10.0. The van der Waals surface area contributed by atoms with Gasteiger partial charge in [0, 0.05) is 37.1 Å². The van der Waals surface area contributed by atoms with Gasteiger partial charge in [0.1, 0.15) is 0 Å². The van der Waals surface area contributed by atoms with Crippen molar-refractivity contribution in [2.24, 2.45) is 5.92 Å². The van der Waals surface area contributed by atoms with Crippen LogP contribution in [-0.2, 0) is 0 Å². The Balaban J connectivity index is 2.01. The second-order valence-electron chi connectivity index (χ2n) is 5.29. The summed E-state index contributed by atoms with van der Waals surface area (Å²) in [6, 6.07) is 5.14. The molecule has 1 aliphatic heterocycles. The molecule has 1 fully saturated rings. The van der Waals surface area contributed by atoms with Crippen LogP contribution in [0.15, 0.2) is 17.5 Å². The van der Waals surface area contributed by atoms with Gasteiger partial charge in [-0.2, -0.15) is 0 Å². The topological polar surface area (TPSA) is 15.3 Å². The van der Waals surface area contributed by atoms with Crippen LogP contribution in [0.2, 0.25) is 0 Å². The first-order chi connectivity index (χ1) is 8.27. The molecule has 1 aromatic heterocycles. The molecule has 2 rings (SSSR count). The predicted octanol–water partition coefficient (Wildman–Crippen LogP) is 3.13. The highest BCUT2D eigenvalue weighted by molar-refractivity contribution is 7.10. The number of piperazine rings is 1. The van der Waals surface area contributed by atoms with Crippen molar-refractivity contribution in [3.8, 4) is 0 Å². The van der Waals surface area contributed by atoms with E-state index < -0.39 is 0 Å². The zero-order chi connectivity index (χ0) is 12.1. The standard InChI is InChI=1S/C14H24N2S/c1-12(2)5-6-13(14-4-3-11-17-14)16-9-7-15-8-10-16/h3-4,11-13,15H,5-10H2,1-2H3/t13-/m1/s1. The second-order valence-corrected chi connectivity index (χ2v) is 6.27. The molecule has 2 heterocycles. The maximum absolute atomic E-state index is 3.44. The van der Waals surface area contributed by atoms with Crippen LogP contribution in [-0.4, -0.2) is 31.1 Å². The molecule has 0 amide bonds. The van der Waals surface area contributed by atoms with E-state index in [0.29, 0.717) is 6.04 Å². The Morgan fingerprint density at radius 1 is 1.29 bits per heavy atom. The lowest BCUT2D eigenvalue weighted by molar-refractivity contribution is 0.162. The summed E-state index contributed by atoms with van der Waals surface area (Å²) in [5.74, 6) is 0.806. The molecule has 0 unspecified atom stereocenters. The molecule has 1 aromatic rings. The number of rotatable bonds is 5. The fraction of sp³-hybridized carbons (Fsp3) is 0.714. The van der Waals surface area contributed by atoms with Crippen molar-refractivity contribution in [2.75, 3.05) is 26.2 Å². The molecule has 0 saturated carbocycles. The normalized spacial score (nSPS) is 19.7. The van der Waals surface area contributed by atoms with E-state index in [-0.39, 0.29) is 0 Å². The summed E-state index contributed by atoms with van der Waals surface area (Å²) in [4.78, 5) is 4.21. The predicted molar refractivity (Wildman–Crippen MR) is 75.6 cm³/mol. The lowest BCUT2D eigenvalue weighted by Gasteiger charge is -2.34. The van der Waals surface area contributed by atoms with Crippen LogP contribution in [0.4, 0.5) is 0 Å². The minimum absolute atomic E-state index is 0.652. The summed E-state index contributed by atoms with van der Waals surface area (Å²) >= 11 is 1.91. The number of nitrogens with zero attached hydrogens (tertiary/aromatic N) is 1. The molecule has 1 atom stereocenters. The molecule has 1 saturated heterocycles. The highest BCUT2D eigenvalue weighted by Gasteiger charge is 2.22. The molecule has 0 bridgehead atoms. The summed E-state index contributed by atoms with van der Waals surface area (Å²) in [6.45, 7) is 9.32. The molecule has 96 valence electrons. The number of hydrogen-bond acceptors (Lipinski definition) is 3. The molecule has 3 heteroatoms. The van der Waals surface area contributed by atoms with Crippen molar-refractivity contribution in [1.29, 1.82) is 0 Å². The van der Waals surface area contributed by atoms with E-state index >= 15 is 0 Å². The number of thiophene rings is 1. The summed E-state index contributed by atoms with van der Waals surface area (Å²) in [7, 11) is 0. The molecule has 0 spiro atoms. The van der Waals surface area contributed by atoms with Crippen molar-refractivity contribution >= 4 is 11.3 Å². The summed E-state index contributed by atoms with van der Waals surface area (Å²) < 4.78 is 0. The largest absolute Gasteiger partial charge is 0.314 e. The Kier molecular flexibility index (Phi) is 5.01. The first-order valence-corrected chi connectivity index (χ1v) is 7.63. The lowest BCUT2D eigenvalue weighted by Crippen LogP contribution is -2.45. The van der Waals surface area contributed by atoms with Crippen molar-refractivity contribution in [3.05, 3.63) is 22.4 Å². The van der Waals surface area contributed by atoms with Crippen molar-refractivity contribution in [2.45, 2.75) is 32.7 Å². The van der Waals surface area contributed by atoms with E-state index in [1.807, 2.05) is 11.3 Å². The van der Waals surface area contributed by atoms with Gasteiger partial charge in [0.15, 0.2) is 0 Å². The summed E-state index contributed by atoms with van der Waals surface area (Å²) in [5, 5.41) is 5.65. The molecule has 0 aliphatic carbocycles.